The zero-order valence-electron chi connectivity index (χ0n) is 18.1. The normalized spacial score (nSPS) is 11.8. The molecule has 31 heavy (non-hydrogen) atoms. The van der Waals surface area contributed by atoms with Crippen LogP contribution in [-0.2, 0) is 30.5 Å². The Morgan fingerprint density at radius 3 is 2.39 bits per heavy atom. The molecule has 0 saturated carbocycles. The number of rotatable bonds is 11. The average Bonchev–Trinajstić information content (AvgIpc) is 2.79. The maximum atomic E-state index is 11.5. The van der Waals surface area contributed by atoms with E-state index in [4.69, 9.17) is 4.74 Å². The maximum absolute atomic E-state index is 11.5. The molecule has 0 radical (unpaired) electrons. The number of aromatic nitrogens is 3. The van der Waals surface area contributed by atoms with Crippen LogP contribution in [-0.4, -0.2) is 31.9 Å². The van der Waals surface area contributed by atoms with E-state index in [1.54, 1.807) is 6.20 Å². The second-order valence-corrected chi connectivity index (χ2v) is 7.61. The van der Waals surface area contributed by atoms with Crippen molar-refractivity contribution in [2.75, 3.05) is 0 Å². The average molecular weight is 420 g/mol. The summed E-state index contributed by atoms with van der Waals surface area (Å²) in [6, 6.07) is 11.7. The first kappa shape index (κ1) is 22.6. The van der Waals surface area contributed by atoms with Crippen molar-refractivity contribution in [2.24, 2.45) is 0 Å². The minimum Gasteiger partial charge on any atom is -0.439 e. The summed E-state index contributed by atoms with van der Waals surface area (Å²) in [4.78, 5) is 24.6. The summed E-state index contributed by atoms with van der Waals surface area (Å²) >= 11 is 0. The van der Waals surface area contributed by atoms with E-state index in [2.05, 4.69) is 21.9 Å². The smallest absolute Gasteiger partial charge is 0.219 e. The van der Waals surface area contributed by atoms with E-state index in [1.165, 1.54) is 6.92 Å². The molecule has 0 spiro atoms. The molecule has 3 rings (SSSR count). The van der Waals surface area contributed by atoms with E-state index >= 15 is 0 Å². The summed E-state index contributed by atoms with van der Waals surface area (Å²) < 4.78 is 5.90. The minimum absolute atomic E-state index is 0.115. The molecular weight excluding hydrogens is 390 g/mol. The third-order valence-electron chi connectivity index (χ3n) is 5.10. The zero-order chi connectivity index (χ0) is 22.1. The zero-order valence-corrected chi connectivity index (χ0v) is 18.1. The Hall–Kier alpha value is -3.12. The third kappa shape index (κ3) is 7.26. The van der Waals surface area contributed by atoms with Crippen LogP contribution in [0.1, 0.15) is 49.2 Å². The van der Waals surface area contributed by atoms with Crippen LogP contribution in [0, 0.1) is 0 Å². The highest BCUT2D eigenvalue weighted by atomic mass is 16.5. The van der Waals surface area contributed by atoms with Gasteiger partial charge >= 0.3 is 0 Å². The van der Waals surface area contributed by atoms with Gasteiger partial charge in [-0.3, -0.25) is 4.79 Å². The first-order valence-electron chi connectivity index (χ1n) is 10.8. The van der Waals surface area contributed by atoms with Crippen LogP contribution >= 0.6 is 0 Å². The molecule has 0 amide bonds. The monoisotopic (exact) mass is 419 g/mol. The molecule has 0 fully saturated rings. The van der Waals surface area contributed by atoms with Gasteiger partial charge in [0.2, 0.25) is 5.88 Å². The predicted octanol–water partition coefficient (Wildman–Crippen LogP) is 4.28. The fourth-order valence-corrected chi connectivity index (χ4v) is 3.13. The number of ketones is 1. The summed E-state index contributed by atoms with van der Waals surface area (Å²) in [5.41, 5.74) is 3.39. The van der Waals surface area contributed by atoms with Gasteiger partial charge < -0.3 is 9.84 Å². The lowest BCUT2D eigenvalue weighted by Gasteiger charge is -2.08. The quantitative estimate of drug-likeness (QED) is 0.499. The van der Waals surface area contributed by atoms with Crippen molar-refractivity contribution >= 4 is 5.78 Å². The number of hydrogen-bond acceptors (Lipinski definition) is 6. The number of nitrogens with zero attached hydrogens (tertiary/aromatic N) is 3. The maximum Gasteiger partial charge on any atom is 0.219 e. The number of aliphatic hydroxyl groups is 1. The highest BCUT2D eigenvalue weighted by Crippen LogP contribution is 2.21. The number of pyridine rings is 1. The molecule has 2 heterocycles. The summed E-state index contributed by atoms with van der Waals surface area (Å²) in [6.45, 7) is 3.60. The van der Waals surface area contributed by atoms with Crippen molar-refractivity contribution in [3.8, 4) is 11.6 Å². The Labute approximate surface area is 183 Å². The third-order valence-corrected chi connectivity index (χ3v) is 5.10. The van der Waals surface area contributed by atoms with Gasteiger partial charge in [-0.1, -0.05) is 19.1 Å². The molecule has 1 N–H and O–H groups in total. The summed E-state index contributed by atoms with van der Waals surface area (Å²) in [5, 5.41) is 9.25. The molecule has 6 heteroatoms. The van der Waals surface area contributed by atoms with Crippen LogP contribution in [0.5, 0.6) is 11.6 Å². The van der Waals surface area contributed by atoms with Gasteiger partial charge in [-0.25, -0.2) is 15.0 Å². The Bertz CT molecular complexity index is 970. The molecule has 0 aliphatic heterocycles. The van der Waals surface area contributed by atoms with Gasteiger partial charge in [0.05, 0.1) is 0 Å². The second kappa shape index (κ2) is 11.3. The lowest BCUT2D eigenvalue weighted by Crippen LogP contribution is -2.15. The number of ether oxygens (including phenoxy) is 1. The van der Waals surface area contributed by atoms with Crippen molar-refractivity contribution < 1.29 is 14.6 Å². The Kier molecular flexibility index (Phi) is 8.24. The number of carbonyl (C=O) groups is 1. The van der Waals surface area contributed by atoms with Crippen molar-refractivity contribution in [1.82, 2.24) is 15.0 Å². The highest BCUT2D eigenvalue weighted by Gasteiger charge is 2.08. The van der Waals surface area contributed by atoms with Crippen LogP contribution < -0.4 is 4.74 Å². The van der Waals surface area contributed by atoms with Crippen molar-refractivity contribution in [2.45, 2.75) is 58.5 Å². The first-order chi connectivity index (χ1) is 15.0. The SMILES string of the molecule is CCc1cnc(CCc2ccnc(Oc3ccc(CCCC(=O)[C@H](C)O)cc3)c2)nc1. The second-order valence-electron chi connectivity index (χ2n) is 7.61. The van der Waals surface area contributed by atoms with E-state index in [-0.39, 0.29) is 5.78 Å². The van der Waals surface area contributed by atoms with Gasteiger partial charge in [0, 0.05) is 37.5 Å². The lowest BCUT2D eigenvalue weighted by molar-refractivity contribution is -0.126. The van der Waals surface area contributed by atoms with E-state index in [0.717, 1.165) is 54.6 Å². The summed E-state index contributed by atoms with van der Waals surface area (Å²) in [6.07, 6.45) is 9.05. The molecule has 0 aliphatic carbocycles. The Morgan fingerprint density at radius 2 is 1.71 bits per heavy atom. The molecule has 1 aromatic carbocycles. The van der Waals surface area contributed by atoms with Gasteiger partial charge in [0.1, 0.15) is 17.7 Å². The van der Waals surface area contributed by atoms with Gasteiger partial charge in [0.25, 0.3) is 0 Å². The van der Waals surface area contributed by atoms with Gasteiger partial charge in [-0.05, 0) is 67.5 Å². The molecule has 0 saturated heterocycles. The van der Waals surface area contributed by atoms with Gasteiger partial charge in [-0.15, -0.1) is 0 Å². The molecule has 6 nitrogen and oxygen atoms in total. The number of aliphatic hydroxyl groups excluding tert-OH is 1. The predicted molar refractivity (Wildman–Crippen MR) is 119 cm³/mol. The van der Waals surface area contributed by atoms with Crippen molar-refractivity contribution in [1.29, 1.82) is 0 Å². The highest BCUT2D eigenvalue weighted by molar-refractivity contribution is 5.82. The number of hydrogen-bond donors (Lipinski definition) is 1. The van der Waals surface area contributed by atoms with Crippen molar-refractivity contribution in [3.05, 3.63) is 77.5 Å². The molecule has 3 aromatic rings. The molecule has 0 bridgehead atoms. The molecular formula is C25H29N3O3. The number of carbonyl (C=O) groups excluding carboxylic acids is 1. The standard InChI is InChI=1S/C25H29N3O3/c1-3-19-16-27-24(28-17-19)12-9-21-13-14-26-25(15-21)31-22-10-7-20(8-11-22)5-4-6-23(30)18(2)29/h7-8,10-11,13-18,29H,3-6,9,12H2,1-2H3/t18-/m0/s1. The van der Waals surface area contributed by atoms with Crippen LogP contribution in [0.25, 0.3) is 0 Å². The number of Topliss-reactive ketones (excluding diaryl/α,β-unsaturated/α-hetero) is 1. The first-order valence-corrected chi connectivity index (χ1v) is 10.8. The van der Waals surface area contributed by atoms with E-state index < -0.39 is 6.10 Å². The molecule has 2 aromatic heterocycles. The Morgan fingerprint density at radius 1 is 0.968 bits per heavy atom. The Balaban J connectivity index is 1.51. The van der Waals surface area contributed by atoms with E-state index in [0.29, 0.717) is 18.1 Å². The van der Waals surface area contributed by atoms with E-state index in [1.807, 2.05) is 48.8 Å². The number of aryl methyl sites for hydroxylation is 4. The largest absolute Gasteiger partial charge is 0.439 e. The summed E-state index contributed by atoms with van der Waals surface area (Å²) in [7, 11) is 0. The van der Waals surface area contributed by atoms with Crippen LogP contribution in [0.3, 0.4) is 0 Å². The van der Waals surface area contributed by atoms with E-state index in [9.17, 15) is 9.90 Å². The minimum atomic E-state index is -0.881. The van der Waals surface area contributed by atoms with Crippen LogP contribution in [0.4, 0.5) is 0 Å². The summed E-state index contributed by atoms with van der Waals surface area (Å²) in [5.74, 6) is 1.99. The molecule has 0 aliphatic rings. The fraction of sp³-hybridized carbons (Fsp3) is 0.360. The van der Waals surface area contributed by atoms with Crippen LogP contribution in [0.2, 0.25) is 0 Å². The van der Waals surface area contributed by atoms with Gasteiger partial charge in [-0.2, -0.15) is 0 Å². The lowest BCUT2D eigenvalue weighted by atomic mass is 10.0. The van der Waals surface area contributed by atoms with Crippen molar-refractivity contribution in [3.63, 3.8) is 0 Å². The van der Waals surface area contributed by atoms with Crippen LogP contribution in [0.15, 0.2) is 55.0 Å². The number of benzene rings is 1. The van der Waals surface area contributed by atoms with Gasteiger partial charge in [0.15, 0.2) is 5.78 Å². The fourth-order valence-electron chi connectivity index (χ4n) is 3.13. The molecule has 162 valence electrons. The topological polar surface area (TPSA) is 85.2 Å². The molecule has 0 unspecified atom stereocenters. The molecule has 1 atom stereocenters.